The molecule has 1 atom stereocenters. The highest BCUT2D eigenvalue weighted by atomic mass is 16.2. The van der Waals surface area contributed by atoms with Gasteiger partial charge in [-0.25, -0.2) is 4.98 Å². The molecule has 0 aliphatic carbocycles. The fourth-order valence-corrected chi connectivity index (χ4v) is 2.20. The molecule has 1 heterocycles. The van der Waals surface area contributed by atoms with Crippen molar-refractivity contribution in [3.8, 4) is 0 Å². The van der Waals surface area contributed by atoms with Gasteiger partial charge in [-0.15, -0.1) is 5.10 Å². The van der Waals surface area contributed by atoms with Crippen LogP contribution in [0.15, 0.2) is 24.3 Å². The summed E-state index contributed by atoms with van der Waals surface area (Å²) in [5.74, 6) is 1.18. The van der Waals surface area contributed by atoms with Crippen LogP contribution in [0.25, 0.3) is 0 Å². The van der Waals surface area contributed by atoms with Crippen LogP contribution in [0.1, 0.15) is 54.4 Å². The third-order valence-corrected chi connectivity index (χ3v) is 3.27. The topological polar surface area (TPSA) is 70.7 Å². The molecule has 0 aliphatic rings. The third-order valence-electron chi connectivity index (χ3n) is 3.27. The fourth-order valence-electron chi connectivity index (χ4n) is 2.20. The number of hydrogen-bond donors (Lipinski definition) is 2. The van der Waals surface area contributed by atoms with Gasteiger partial charge in [-0.1, -0.05) is 38.1 Å². The molecular formula is C16H22N4O. The molecule has 1 unspecified atom stereocenters. The molecule has 5 heteroatoms. The van der Waals surface area contributed by atoms with E-state index in [2.05, 4.69) is 58.6 Å². The number of nitrogens with one attached hydrogen (secondary N) is 2. The van der Waals surface area contributed by atoms with E-state index >= 15 is 0 Å². The SMILES string of the molecule is Cc1nc(C(=O)NC(C)c2ccc(CC(C)C)cc2)n[nH]1. The first-order valence-electron chi connectivity index (χ1n) is 7.24. The molecule has 2 rings (SSSR count). The van der Waals surface area contributed by atoms with Crippen LogP contribution in [-0.4, -0.2) is 21.1 Å². The zero-order valence-electron chi connectivity index (χ0n) is 13.0. The van der Waals surface area contributed by atoms with Crippen LogP contribution in [-0.2, 0) is 6.42 Å². The normalized spacial score (nSPS) is 12.4. The predicted molar refractivity (Wildman–Crippen MR) is 82.0 cm³/mol. The number of benzene rings is 1. The molecule has 0 bridgehead atoms. The lowest BCUT2D eigenvalue weighted by Crippen LogP contribution is -2.27. The number of aromatic nitrogens is 3. The summed E-state index contributed by atoms with van der Waals surface area (Å²) in [7, 11) is 0. The van der Waals surface area contributed by atoms with E-state index in [0.29, 0.717) is 11.7 Å². The first kappa shape index (κ1) is 15.2. The number of nitrogens with zero attached hydrogens (tertiary/aromatic N) is 2. The van der Waals surface area contributed by atoms with Gasteiger partial charge >= 0.3 is 0 Å². The first-order chi connectivity index (χ1) is 9.95. The standard InChI is InChI=1S/C16H22N4O/c1-10(2)9-13-5-7-14(8-6-13)11(3)17-16(21)15-18-12(4)19-20-15/h5-8,10-11H,9H2,1-4H3,(H,17,21)(H,18,19,20). The summed E-state index contributed by atoms with van der Waals surface area (Å²) in [6.45, 7) is 8.13. The highest BCUT2D eigenvalue weighted by molar-refractivity contribution is 5.90. The Balaban J connectivity index is 1.99. The quantitative estimate of drug-likeness (QED) is 0.888. The van der Waals surface area contributed by atoms with Crippen molar-refractivity contribution < 1.29 is 4.79 Å². The number of H-pyrrole nitrogens is 1. The van der Waals surface area contributed by atoms with Crippen LogP contribution in [0.3, 0.4) is 0 Å². The second-order valence-electron chi connectivity index (χ2n) is 5.78. The van der Waals surface area contributed by atoms with Crippen LogP contribution in [0.5, 0.6) is 0 Å². The van der Waals surface area contributed by atoms with Crippen LogP contribution in [0.4, 0.5) is 0 Å². The summed E-state index contributed by atoms with van der Waals surface area (Å²) in [6.07, 6.45) is 1.07. The van der Waals surface area contributed by atoms with Crippen molar-refractivity contribution >= 4 is 5.91 Å². The molecule has 2 aromatic rings. The van der Waals surface area contributed by atoms with Gasteiger partial charge in [0.2, 0.25) is 5.82 Å². The van der Waals surface area contributed by atoms with Gasteiger partial charge in [-0.2, -0.15) is 0 Å². The number of carbonyl (C=O) groups is 1. The molecule has 0 saturated heterocycles. The van der Waals surface area contributed by atoms with Gasteiger partial charge in [0.25, 0.3) is 5.91 Å². The molecule has 21 heavy (non-hydrogen) atoms. The van der Waals surface area contributed by atoms with Crippen molar-refractivity contribution in [2.24, 2.45) is 5.92 Å². The molecule has 0 aliphatic heterocycles. The smallest absolute Gasteiger partial charge is 0.291 e. The van der Waals surface area contributed by atoms with Crippen molar-refractivity contribution in [1.82, 2.24) is 20.5 Å². The Morgan fingerprint density at radius 2 is 1.90 bits per heavy atom. The zero-order chi connectivity index (χ0) is 15.4. The van der Waals surface area contributed by atoms with E-state index in [4.69, 9.17) is 0 Å². The van der Waals surface area contributed by atoms with Gasteiger partial charge < -0.3 is 5.32 Å². The largest absolute Gasteiger partial charge is 0.343 e. The number of aromatic amines is 1. The van der Waals surface area contributed by atoms with E-state index in [1.807, 2.05) is 6.92 Å². The van der Waals surface area contributed by atoms with Gasteiger partial charge in [0.1, 0.15) is 5.82 Å². The lowest BCUT2D eigenvalue weighted by atomic mass is 10.00. The van der Waals surface area contributed by atoms with Crippen molar-refractivity contribution in [3.63, 3.8) is 0 Å². The maximum Gasteiger partial charge on any atom is 0.291 e. The van der Waals surface area contributed by atoms with E-state index < -0.39 is 0 Å². The van der Waals surface area contributed by atoms with Crippen LogP contribution >= 0.6 is 0 Å². The highest BCUT2D eigenvalue weighted by Gasteiger charge is 2.15. The maximum absolute atomic E-state index is 12.0. The summed E-state index contributed by atoms with van der Waals surface area (Å²) in [6, 6.07) is 8.28. The molecule has 1 aromatic carbocycles. The predicted octanol–water partition coefficient (Wildman–Crippen LogP) is 2.80. The summed E-state index contributed by atoms with van der Waals surface area (Å²) in [5, 5.41) is 9.43. The van der Waals surface area contributed by atoms with Crippen molar-refractivity contribution in [3.05, 3.63) is 47.0 Å². The third kappa shape index (κ3) is 4.15. The lowest BCUT2D eigenvalue weighted by Gasteiger charge is -2.14. The molecular weight excluding hydrogens is 264 g/mol. The monoisotopic (exact) mass is 286 g/mol. The zero-order valence-corrected chi connectivity index (χ0v) is 13.0. The Morgan fingerprint density at radius 1 is 1.24 bits per heavy atom. The average molecular weight is 286 g/mol. The molecule has 0 fully saturated rings. The minimum absolute atomic E-state index is 0.0793. The number of rotatable bonds is 5. The number of aryl methyl sites for hydroxylation is 1. The van der Waals surface area contributed by atoms with E-state index in [9.17, 15) is 4.79 Å². The second-order valence-corrected chi connectivity index (χ2v) is 5.78. The molecule has 0 radical (unpaired) electrons. The van der Waals surface area contributed by atoms with Crippen LogP contribution in [0, 0.1) is 12.8 Å². The summed E-state index contributed by atoms with van der Waals surface area (Å²) >= 11 is 0. The first-order valence-corrected chi connectivity index (χ1v) is 7.24. The number of hydrogen-bond acceptors (Lipinski definition) is 3. The van der Waals surface area contributed by atoms with E-state index in [1.165, 1.54) is 5.56 Å². The Labute approximate surface area is 125 Å². The van der Waals surface area contributed by atoms with Gasteiger partial charge in [-0.3, -0.25) is 9.89 Å². The van der Waals surface area contributed by atoms with Gasteiger partial charge in [-0.05, 0) is 37.3 Å². The molecule has 1 aromatic heterocycles. The number of amides is 1. The Kier molecular flexibility index (Phi) is 4.73. The van der Waals surface area contributed by atoms with Gasteiger partial charge in [0.15, 0.2) is 0 Å². The number of carbonyl (C=O) groups excluding carboxylic acids is 1. The minimum atomic E-state index is -0.266. The van der Waals surface area contributed by atoms with Crippen LogP contribution < -0.4 is 5.32 Å². The molecule has 0 saturated carbocycles. The Hall–Kier alpha value is -2.17. The van der Waals surface area contributed by atoms with Crippen molar-refractivity contribution in [2.45, 2.75) is 40.2 Å². The molecule has 2 N–H and O–H groups in total. The van der Waals surface area contributed by atoms with Crippen molar-refractivity contribution in [1.29, 1.82) is 0 Å². The van der Waals surface area contributed by atoms with Crippen molar-refractivity contribution in [2.75, 3.05) is 0 Å². The van der Waals surface area contributed by atoms with Crippen LogP contribution in [0.2, 0.25) is 0 Å². The summed E-state index contributed by atoms with van der Waals surface area (Å²) in [4.78, 5) is 16.0. The van der Waals surface area contributed by atoms with E-state index in [-0.39, 0.29) is 17.8 Å². The molecule has 0 spiro atoms. The Bertz CT molecular complexity index is 601. The summed E-state index contributed by atoms with van der Waals surface area (Å²) in [5.41, 5.74) is 2.39. The Morgan fingerprint density at radius 3 is 2.43 bits per heavy atom. The van der Waals surface area contributed by atoms with E-state index in [0.717, 1.165) is 12.0 Å². The summed E-state index contributed by atoms with van der Waals surface area (Å²) < 4.78 is 0. The molecule has 112 valence electrons. The minimum Gasteiger partial charge on any atom is -0.343 e. The van der Waals surface area contributed by atoms with Gasteiger partial charge in [0, 0.05) is 0 Å². The second kappa shape index (κ2) is 6.52. The lowest BCUT2D eigenvalue weighted by molar-refractivity contribution is 0.0929. The van der Waals surface area contributed by atoms with E-state index in [1.54, 1.807) is 6.92 Å². The molecule has 5 nitrogen and oxygen atoms in total. The average Bonchev–Trinajstić information content (AvgIpc) is 2.85. The molecule has 1 amide bonds. The van der Waals surface area contributed by atoms with Gasteiger partial charge in [0.05, 0.1) is 6.04 Å². The fraction of sp³-hybridized carbons (Fsp3) is 0.438. The maximum atomic E-state index is 12.0. The highest BCUT2D eigenvalue weighted by Crippen LogP contribution is 2.15.